The molecule has 0 N–H and O–H groups in total. The molecule has 0 spiro atoms. The minimum Gasteiger partial charge on any atom is -0.475 e. The molecule has 9 heteroatoms. The summed E-state index contributed by atoms with van der Waals surface area (Å²) in [6.07, 6.45) is 2.61. The normalized spacial score (nSPS) is 19.5. The molecule has 33 heavy (non-hydrogen) atoms. The number of amides is 1. The number of carbonyl (C=O) groups is 1. The van der Waals surface area contributed by atoms with E-state index in [9.17, 15) is 13.6 Å². The molecule has 180 valence electrons. The largest absolute Gasteiger partial charge is 0.475 e. The third kappa shape index (κ3) is 5.18. The predicted octanol–water partition coefficient (Wildman–Crippen LogP) is 3.80. The Hall–Kier alpha value is -2.55. The van der Waals surface area contributed by atoms with Crippen LogP contribution in [0.2, 0.25) is 0 Å². The van der Waals surface area contributed by atoms with Gasteiger partial charge in [-0.2, -0.15) is 0 Å². The van der Waals surface area contributed by atoms with Gasteiger partial charge in [0.05, 0.1) is 23.7 Å². The maximum atomic E-state index is 13.9. The number of ether oxygens (including phenoxy) is 2. The zero-order valence-corrected chi connectivity index (χ0v) is 19.5. The summed E-state index contributed by atoms with van der Waals surface area (Å²) < 4.78 is 39.2. The van der Waals surface area contributed by atoms with Crippen molar-refractivity contribution >= 4 is 22.8 Å². The van der Waals surface area contributed by atoms with E-state index in [-0.39, 0.29) is 28.9 Å². The van der Waals surface area contributed by atoms with Gasteiger partial charge in [0.2, 0.25) is 5.91 Å². The third-order valence-electron chi connectivity index (χ3n) is 6.48. The summed E-state index contributed by atoms with van der Waals surface area (Å²) in [5.41, 5.74) is 0.525. The van der Waals surface area contributed by atoms with Crippen LogP contribution >= 0.6 is 0 Å². The van der Waals surface area contributed by atoms with Crippen molar-refractivity contribution in [1.82, 2.24) is 14.9 Å². The van der Waals surface area contributed by atoms with E-state index >= 15 is 0 Å². The summed E-state index contributed by atoms with van der Waals surface area (Å²) in [6.45, 7) is 9.57. The van der Waals surface area contributed by atoms with Crippen molar-refractivity contribution in [2.24, 2.45) is 11.8 Å². The van der Waals surface area contributed by atoms with Gasteiger partial charge in [-0.25, -0.2) is 18.7 Å². The third-order valence-corrected chi connectivity index (χ3v) is 6.48. The standard InChI is InChI=1S/C24H32F2N4O3/c1-4-30(24(31)15(2)3)17-5-8-29(13-17)22-23(33-14-16-6-9-32-10-7-16)28-21-12-19(26)18(25)11-20(21)27-22/h11-12,15-17H,4-10,13-14H2,1-3H3/t17-/m0/s1. The lowest BCUT2D eigenvalue weighted by Gasteiger charge is -2.30. The molecule has 4 rings (SSSR count). The summed E-state index contributed by atoms with van der Waals surface area (Å²) in [5, 5.41) is 0. The average molecular weight is 463 g/mol. The van der Waals surface area contributed by atoms with E-state index in [4.69, 9.17) is 9.47 Å². The fourth-order valence-electron chi connectivity index (χ4n) is 4.55. The minimum atomic E-state index is -0.966. The van der Waals surface area contributed by atoms with Crippen LogP contribution < -0.4 is 9.64 Å². The highest BCUT2D eigenvalue weighted by Crippen LogP contribution is 2.32. The highest BCUT2D eigenvalue weighted by molar-refractivity contribution is 5.79. The number of anilines is 1. The molecule has 1 amide bonds. The molecule has 0 unspecified atom stereocenters. The molecular formula is C24H32F2N4O3. The first-order chi connectivity index (χ1) is 15.9. The van der Waals surface area contributed by atoms with Gasteiger partial charge in [-0.15, -0.1) is 0 Å². The molecule has 0 saturated carbocycles. The number of hydrogen-bond acceptors (Lipinski definition) is 6. The lowest BCUT2D eigenvalue weighted by atomic mass is 10.0. The predicted molar refractivity (Wildman–Crippen MR) is 121 cm³/mol. The van der Waals surface area contributed by atoms with E-state index in [1.54, 1.807) is 0 Å². The van der Waals surface area contributed by atoms with Crippen LogP contribution in [0.1, 0.15) is 40.0 Å². The second kappa shape index (κ2) is 10.2. The van der Waals surface area contributed by atoms with Crippen LogP contribution in [0.15, 0.2) is 12.1 Å². The van der Waals surface area contributed by atoms with Crippen molar-refractivity contribution in [1.29, 1.82) is 0 Å². The Balaban J connectivity index is 1.61. The van der Waals surface area contributed by atoms with Gasteiger partial charge in [0.25, 0.3) is 5.88 Å². The first-order valence-corrected chi connectivity index (χ1v) is 11.8. The molecule has 2 aromatic rings. The number of fused-ring (bicyclic) bond motifs is 1. The van der Waals surface area contributed by atoms with Crippen LogP contribution in [0.4, 0.5) is 14.6 Å². The second-order valence-electron chi connectivity index (χ2n) is 9.14. The molecule has 2 saturated heterocycles. The van der Waals surface area contributed by atoms with E-state index in [0.717, 1.165) is 31.4 Å². The molecule has 7 nitrogen and oxygen atoms in total. The van der Waals surface area contributed by atoms with Gasteiger partial charge in [-0.3, -0.25) is 4.79 Å². The summed E-state index contributed by atoms with van der Waals surface area (Å²) in [4.78, 5) is 25.8. The van der Waals surface area contributed by atoms with Crippen molar-refractivity contribution in [3.05, 3.63) is 23.8 Å². The van der Waals surface area contributed by atoms with Gasteiger partial charge in [0.1, 0.15) is 0 Å². The van der Waals surface area contributed by atoms with Crippen molar-refractivity contribution in [2.75, 3.05) is 44.4 Å². The SMILES string of the molecule is CCN(C(=O)C(C)C)[C@H]1CCN(c2nc3cc(F)c(F)cc3nc2OCC2CCOCC2)C1. The number of rotatable bonds is 7. The first-order valence-electron chi connectivity index (χ1n) is 11.8. The zero-order chi connectivity index (χ0) is 23.5. The number of likely N-dealkylation sites (N-methyl/N-ethyl adjacent to an activating group) is 1. The first kappa shape index (κ1) is 23.6. The zero-order valence-electron chi connectivity index (χ0n) is 19.5. The van der Waals surface area contributed by atoms with E-state index in [1.807, 2.05) is 30.6 Å². The molecule has 1 aromatic heterocycles. The molecule has 2 fully saturated rings. The number of hydrogen-bond donors (Lipinski definition) is 0. The number of nitrogens with zero attached hydrogens (tertiary/aromatic N) is 4. The Bertz CT molecular complexity index is 997. The smallest absolute Gasteiger partial charge is 0.258 e. The fraction of sp³-hybridized carbons (Fsp3) is 0.625. The maximum absolute atomic E-state index is 13.9. The van der Waals surface area contributed by atoms with Gasteiger partial charge in [0, 0.05) is 50.9 Å². The summed E-state index contributed by atoms with van der Waals surface area (Å²) in [7, 11) is 0. The van der Waals surface area contributed by atoms with Crippen LogP contribution in [-0.2, 0) is 9.53 Å². The molecule has 3 heterocycles. The molecular weight excluding hydrogens is 430 g/mol. The van der Waals surface area contributed by atoms with Gasteiger partial charge in [0.15, 0.2) is 17.5 Å². The second-order valence-corrected chi connectivity index (χ2v) is 9.14. The van der Waals surface area contributed by atoms with E-state index in [0.29, 0.717) is 57.1 Å². The highest BCUT2D eigenvalue weighted by atomic mass is 19.2. The minimum absolute atomic E-state index is 0.0516. The Morgan fingerprint density at radius 2 is 1.85 bits per heavy atom. The van der Waals surface area contributed by atoms with Crippen LogP contribution in [0.25, 0.3) is 11.0 Å². The lowest BCUT2D eigenvalue weighted by molar-refractivity contribution is -0.136. The molecule has 1 aromatic carbocycles. The van der Waals surface area contributed by atoms with Gasteiger partial charge in [-0.05, 0) is 32.1 Å². The van der Waals surface area contributed by atoms with E-state index in [2.05, 4.69) is 9.97 Å². The quantitative estimate of drug-likeness (QED) is 0.624. The van der Waals surface area contributed by atoms with Gasteiger partial charge < -0.3 is 19.3 Å². The summed E-state index contributed by atoms with van der Waals surface area (Å²) in [5.74, 6) is -0.697. The monoisotopic (exact) mass is 462 g/mol. The van der Waals surface area contributed by atoms with Crippen LogP contribution in [0.5, 0.6) is 5.88 Å². The molecule has 1 atom stereocenters. The van der Waals surface area contributed by atoms with Crippen molar-refractivity contribution in [3.8, 4) is 5.88 Å². The maximum Gasteiger partial charge on any atom is 0.258 e. The molecule has 0 radical (unpaired) electrons. The highest BCUT2D eigenvalue weighted by Gasteiger charge is 2.33. The van der Waals surface area contributed by atoms with Crippen LogP contribution in [-0.4, -0.2) is 66.3 Å². The number of aromatic nitrogens is 2. The Morgan fingerprint density at radius 3 is 2.48 bits per heavy atom. The Labute approximate surface area is 193 Å². The number of carbonyl (C=O) groups excluding carboxylic acids is 1. The number of benzene rings is 1. The van der Waals surface area contributed by atoms with Crippen LogP contribution in [0.3, 0.4) is 0 Å². The van der Waals surface area contributed by atoms with Crippen LogP contribution in [0, 0.1) is 23.5 Å². The van der Waals surface area contributed by atoms with E-state index < -0.39 is 11.6 Å². The van der Waals surface area contributed by atoms with Crippen molar-refractivity contribution in [3.63, 3.8) is 0 Å². The average Bonchev–Trinajstić information content (AvgIpc) is 3.28. The van der Waals surface area contributed by atoms with E-state index in [1.165, 1.54) is 0 Å². The molecule has 0 bridgehead atoms. The molecule has 2 aliphatic rings. The Morgan fingerprint density at radius 1 is 1.18 bits per heavy atom. The Kier molecular flexibility index (Phi) is 7.26. The van der Waals surface area contributed by atoms with Crippen molar-refractivity contribution < 1.29 is 23.0 Å². The molecule has 2 aliphatic heterocycles. The van der Waals surface area contributed by atoms with Crippen molar-refractivity contribution in [2.45, 2.75) is 46.1 Å². The number of halogens is 2. The lowest BCUT2D eigenvalue weighted by Crippen LogP contribution is -2.43. The molecule has 0 aliphatic carbocycles. The topological polar surface area (TPSA) is 67.8 Å². The van der Waals surface area contributed by atoms with Gasteiger partial charge in [-0.1, -0.05) is 13.8 Å². The van der Waals surface area contributed by atoms with Gasteiger partial charge >= 0.3 is 0 Å². The summed E-state index contributed by atoms with van der Waals surface area (Å²) in [6, 6.07) is 2.17. The fourth-order valence-corrected chi connectivity index (χ4v) is 4.55. The summed E-state index contributed by atoms with van der Waals surface area (Å²) >= 11 is 0.